The summed E-state index contributed by atoms with van der Waals surface area (Å²) < 4.78 is 0. The van der Waals surface area contributed by atoms with E-state index in [4.69, 9.17) is 5.73 Å². The molecule has 1 aromatic rings. The monoisotopic (exact) mass is 183 g/mol. The minimum Gasteiger partial charge on any atom is -0.326 e. The molecule has 1 fully saturated rings. The number of nitrogens with two attached hydrogens (primary N) is 1. The lowest BCUT2D eigenvalue weighted by Gasteiger charge is -2.04. The Labute approximate surface area is 79.4 Å². The summed E-state index contributed by atoms with van der Waals surface area (Å²) in [5, 5.41) is 0. The van der Waals surface area contributed by atoms with Gasteiger partial charge in [-0.15, -0.1) is 12.4 Å². The molecule has 0 amide bonds. The maximum absolute atomic E-state index is 5.62. The second-order valence-electron chi connectivity index (χ2n) is 3.18. The van der Waals surface area contributed by atoms with E-state index in [0.717, 1.165) is 5.92 Å². The fourth-order valence-corrected chi connectivity index (χ4v) is 1.51. The zero-order chi connectivity index (χ0) is 7.68. The molecule has 12 heavy (non-hydrogen) atoms. The first-order chi connectivity index (χ1) is 5.42. The predicted molar refractivity (Wildman–Crippen MR) is 53.6 cm³/mol. The molecule has 0 radical (unpaired) electrons. The number of halogens is 1. The van der Waals surface area contributed by atoms with Crippen LogP contribution in [0.1, 0.15) is 29.9 Å². The van der Waals surface area contributed by atoms with Gasteiger partial charge in [0.15, 0.2) is 0 Å². The lowest BCUT2D eigenvalue weighted by Crippen LogP contribution is -1.99. The van der Waals surface area contributed by atoms with Gasteiger partial charge in [-0.05, 0) is 29.9 Å². The highest BCUT2D eigenvalue weighted by atomic mass is 35.5. The highest BCUT2D eigenvalue weighted by molar-refractivity contribution is 5.85. The highest BCUT2D eigenvalue weighted by Gasteiger charge is 2.24. The van der Waals surface area contributed by atoms with E-state index in [0.29, 0.717) is 6.54 Å². The average Bonchev–Trinajstić information content (AvgIpc) is 2.87. The predicted octanol–water partition coefficient (Wildman–Crippen LogP) is 2.44. The second kappa shape index (κ2) is 3.92. The molecule has 0 aliphatic heterocycles. The van der Waals surface area contributed by atoms with Gasteiger partial charge >= 0.3 is 0 Å². The lowest BCUT2D eigenvalue weighted by atomic mass is 10.0. The van der Waals surface area contributed by atoms with Crippen LogP contribution in [0.3, 0.4) is 0 Å². The fraction of sp³-hybridized carbons (Fsp3) is 0.400. The summed E-state index contributed by atoms with van der Waals surface area (Å²) in [6, 6.07) is 8.51. The van der Waals surface area contributed by atoms with Gasteiger partial charge in [0.1, 0.15) is 0 Å². The van der Waals surface area contributed by atoms with Crippen molar-refractivity contribution in [3.05, 3.63) is 35.4 Å². The summed E-state index contributed by atoms with van der Waals surface area (Å²) in [5.41, 5.74) is 8.43. The maximum Gasteiger partial charge on any atom is 0.0180 e. The van der Waals surface area contributed by atoms with Gasteiger partial charge in [-0.2, -0.15) is 0 Å². The minimum atomic E-state index is 0. The van der Waals surface area contributed by atoms with Crippen molar-refractivity contribution in [1.82, 2.24) is 0 Å². The molecular formula is C10H14ClN. The molecule has 1 aliphatic carbocycles. The Kier molecular flexibility index (Phi) is 3.12. The highest BCUT2D eigenvalue weighted by Crippen LogP contribution is 2.41. The molecule has 0 bridgehead atoms. The van der Waals surface area contributed by atoms with Gasteiger partial charge in [0.05, 0.1) is 0 Å². The Bertz CT molecular complexity index is 256. The molecule has 1 aliphatic rings. The Balaban J connectivity index is 0.000000720. The molecular weight excluding hydrogens is 170 g/mol. The van der Waals surface area contributed by atoms with Crippen LogP contribution in [0.2, 0.25) is 0 Å². The van der Waals surface area contributed by atoms with Crippen LogP contribution in [0.4, 0.5) is 0 Å². The normalized spacial score (nSPS) is 15.4. The number of benzene rings is 1. The largest absolute Gasteiger partial charge is 0.326 e. The molecule has 66 valence electrons. The van der Waals surface area contributed by atoms with Crippen molar-refractivity contribution in [2.45, 2.75) is 25.3 Å². The van der Waals surface area contributed by atoms with Crippen molar-refractivity contribution in [2.24, 2.45) is 5.73 Å². The van der Waals surface area contributed by atoms with E-state index in [1.54, 1.807) is 0 Å². The van der Waals surface area contributed by atoms with Crippen LogP contribution in [-0.4, -0.2) is 0 Å². The van der Waals surface area contributed by atoms with Crippen molar-refractivity contribution < 1.29 is 0 Å². The van der Waals surface area contributed by atoms with E-state index in [2.05, 4.69) is 24.3 Å². The summed E-state index contributed by atoms with van der Waals surface area (Å²) in [5.74, 6) is 0.828. The number of hydrogen-bond acceptors (Lipinski definition) is 1. The van der Waals surface area contributed by atoms with E-state index >= 15 is 0 Å². The first kappa shape index (κ1) is 9.56. The molecule has 2 rings (SSSR count). The Hall–Kier alpha value is -0.530. The van der Waals surface area contributed by atoms with Gasteiger partial charge in [0.2, 0.25) is 0 Å². The molecule has 0 saturated heterocycles. The summed E-state index contributed by atoms with van der Waals surface area (Å²) >= 11 is 0. The van der Waals surface area contributed by atoms with Crippen LogP contribution in [-0.2, 0) is 6.54 Å². The quantitative estimate of drug-likeness (QED) is 0.749. The van der Waals surface area contributed by atoms with Crippen molar-refractivity contribution >= 4 is 12.4 Å². The topological polar surface area (TPSA) is 26.0 Å². The molecule has 2 heteroatoms. The minimum absolute atomic E-state index is 0. The van der Waals surface area contributed by atoms with E-state index < -0.39 is 0 Å². The van der Waals surface area contributed by atoms with Crippen LogP contribution in [0.15, 0.2) is 24.3 Å². The molecule has 0 aromatic heterocycles. The number of rotatable bonds is 2. The third kappa shape index (κ3) is 1.79. The maximum atomic E-state index is 5.62. The van der Waals surface area contributed by atoms with Crippen LogP contribution >= 0.6 is 12.4 Å². The van der Waals surface area contributed by atoms with Gasteiger partial charge in [-0.3, -0.25) is 0 Å². The van der Waals surface area contributed by atoms with Crippen LogP contribution < -0.4 is 5.73 Å². The molecule has 0 heterocycles. The second-order valence-corrected chi connectivity index (χ2v) is 3.18. The van der Waals surface area contributed by atoms with Crippen molar-refractivity contribution in [3.8, 4) is 0 Å². The summed E-state index contributed by atoms with van der Waals surface area (Å²) in [4.78, 5) is 0. The molecule has 0 spiro atoms. The van der Waals surface area contributed by atoms with Crippen LogP contribution in [0.25, 0.3) is 0 Å². The van der Waals surface area contributed by atoms with Gasteiger partial charge < -0.3 is 5.73 Å². The first-order valence-electron chi connectivity index (χ1n) is 4.19. The van der Waals surface area contributed by atoms with Crippen molar-refractivity contribution in [3.63, 3.8) is 0 Å². The van der Waals surface area contributed by atoms with Crippen molar-refractivity contribution in [1.29, 1.82) is 0 Å². The Morgan fingerprint density at radius 3 is 2.50 bits per heavy atom. The number of hydrogen-bond donors (Lipinski definition) is 1. The summed E-state index contributed by atoms with van der Waals surface area (Å²) in [7, 11) is 0. The van der Waals surface area contributed by atoms with Crippen LogP contribution in [0.5, 0.6) is 0 Å². The van der Waals surface area contributed by atoms with E-state index in [-0.39, 0.29) is 12.4 Å². The molecule has 1 saturated carbocycles. The zero-order valence-corrected chi connectivity index (χ0v) is 7.81. The fourth-order valence-electron chi connectivity index (χ4n) is 1.51. The molecule has 0 unspecified atom stereocenters. The van der Waals surface area contributed by atoms with Gasteiger partial charge in [0, 0.05) is 6.54 Å². The van der Waals surface area contributed by atoms with Crippen molar-refractivity contribution in [2.75, 3.05) is 0 Å². The summed E-state index contributed by atoms with van der Waals surface area (Å²) in [6.45, 7) is 0.687. The van der Waals surface area contributed by atoms with Gasteiger partial charge in [0.25, 0.3) is 0 Å². The van der Waals surface area contributed by atoms with Gasteiger partial charge in [-0.25, -0.2) is 0 Å². The standard InChI is InChI=1S/C10H13N.ClH/c11-7-9-3-1-2-4-10(9)8-5-6-8;/h1-4,8H,5-7,11H2;1H. The lowest BCUT2D eigenvalue weighted by molar-refractivity contribution is 0.997. The molecule has 1 nitrogen and oxygen atoms in total. The Morgan fingerprint density at radius 1 is 1.25 bits per heavy atom. The SMILES string of the molecule is Cl.NCc1ccccc1C1CC1. The van der Waals surface area contributed by atoms with Gasteiger partial charge in [-0.1, -0.05) is 24.3 Å². The smallest absolute Gasteiger partial charge is 0.0180 e. The van der Waals surface area contributed by atoms with E-state index in [1.807, 2.05) is 0 Å². The molecule has 1 aromatic carbocycles. The molecule has 0 atom stereocenters. The molecule has 2 N–H and O–H groups in total. The van der Waals surface area contributed by atoms with E-state index in [9.17, 15) is 0 Å². The average molecular weight is 184 g/mol. The first-order valence-corrected chi connectivity index (χ1v) is 4.19. The zero-order valence-electron chi connectivity index (χ0n) is 6.99. The third-order valence-corrected chi connectivity index (χ3v) is 2.29. The van der Waals surface area contributed by atoms with E-state index in [1.165, 1.54) is 24.0 Å². The summed E-state index contributed by atoms with van der Waals surface area (Å²) in [6.07, 6.45) is 2.72. The Morgan fingerprint density at radius 2 is 1.92 bits per heavy atom. The third-order valence-electron chi connectivity index (χ3n) is 2.29. The van der Waals surface area contributed by atoms with Crippen LogP contribution in [0, 0.1) is 0 Å².